The fraction of sp³-hybridized carbons (Fsp3) is 0.222. The van der Waals surface area contributed by atoms with Gasteiger partial charge in [0.25, 0.3) is 5.56 Å². The van der Waals surface area contributed by atoms with E-state index in [-0.39, 0.29) is 11.5 Å². The molecule has 0 saturated heterocycles. The Morgan fingerprint density at radius 2 is 2.00 bits per heavy atom. The van der Waals surface area contributed by atoms with Gasteiger partial charge < -0.3 is 9.47 Å². The molecule has 0 bridgehead atoms. The minimum absolute atomic E-state index is 0.250. The van der Waals surface area contributed by atoms with Gasteiger partial charge in [-0.2, -0.15) is 0 Å². The molecule has 7 nitrogen and oxygen atoms in total. The SMILES string of the molecule is CN(Cc1nc2ccccc2s1)C(=O)/C=C/c1cn(C)c(=O)n(C)c1=O. The molecule has 0 fully saturated rings. The number of carbonyl (C=O) groups excluding carboxylic acids is 1. The normalized spacial score (nSPS) is 11.3. The second-order valence-corrected chi connectivity index (χ2v) is 7.06. The summed E-state index contributed by atoms with van der Waals surface area (Å²) in [5.41, 5.74) is 0.339. The molecule has 134 valence electrons. The van der Waals surface area contributed by atoms with Crippen molar-refractivity contribution in [3.8, 4) is 0 Å². The van der Waals surface area contributed by atoms with Crippen molar-refractivity contribution < 1.29 is 4.79 Å². The van der Waals surface area contributed by atoms with Gasteiger partial charge in [0.05, 0.1) is 22.3 Å². The second kappa shape index (κ2) is 7.09. The van der Waals surface area contributed by atoms with Crippen molar-refractivity contribution >= 4 is 33.5 Å². The van der Waals surface area contributed by atoms with E-state index in [2.05, 4.69) is 4.98 Å². The van der Waals surface area contributed by atoms with E-state index in [0.29, 0.717) is 6.54 Å². The third-order valence-electron chi connectivity index (χ3n) is 3.97. The van der Waals surface area contributed by atoms with Gasteiger partial charge in [-0.15, -0.1) is 11.3 Å². The van der Waals surface area contributed by atoms with E-state index in [1.165, 1.54) is 34.9 Å². The molecule has 0 radical (unpaired) electrons. The third-order valence-corrected chi connectivity index (χ3v) is 4.99. The molecular weight excluding hydrogens is 352 g/mol. The van der Waals surface area contributed by atoms with Crippen molar-refractivity contribution in [2.45, 2.75) is 6.54 Å². The summed E-state index contributed by atoms with van der Waals surface area (Å²) in [6, 6.07) is 7.81. The molecule has 26 heavy (non-hydrogen) atoms. The Hall–Kier alpha value is -3.00. The molecule has 3 rings (SSSR count). The number of likely N-dealkylation sites (N-methyl/N-ethyl adjacent to an activating group) is 1. The smallest absolute Gasteiger partial charge is 0.330 e. The summed E-state index contributed by atoms with van der Waals surface area (Å²) in [6.45, 7) is 0.383. The number of hydrogen-bond donors (Lipinski definition) is 0. The van der Waals surface area contributed by atoms with Crippen LogP contribution in [0.3, 0.4) is 0 Å². The predicted octanol–water partition coefficient (Wildman–Crippen LogP) is 1.37. The lowest BCUT2D eigenvalue weighted by Gasteiger charge is -2.12. The van der Waals surface area contributed by atoms with Crippen LogP contribution in [0.15, 0.2) is 46.1 Å². The molecule has 8 heteroatoms. The number of amides is 1. The van der Waals surface area contributed by atoms with Crippen molar-refractivity contribution in [1.29, 1.82) is 0 Å². The summed E-state index contributed by atoms with van der Waals surface area (Å²) in [4.78, 5) is 42.1. The number of aromatic nitrogens is 3. The molecule has 0 N–H and O–H groups in total. The van der Waals surface area contributed by atoms with Crippen LogP contribution < -0.4 is 11.2 Å². The largest absolute Gasteiger partial charge is 0.335 e. The summed E-state index contributed by atoms with van der Waals surface area (Å²) >= 11 is 1.54. The fourth-order valence-electron chi connectivity index (χ4n) is 2.51. The van der Waals surface area contributed by atoms with Gasteiger partial charge in [-0.25, -0.2) is 9.78 Å². The Labute approximate surface area is 153 Å². The summed E-state index contributed by atoms with van der Waals surface area (Å²) < 4.78 is 3.39. The summed E-state index contributed by atoms with van der Waals surface area (Å²) in [7, 11) is 4.64. The first-order chi connectivity index (χ1) is 12.4. The number of nitrogens with zero attached hydrogens (tertiary/aromatic N) is 4. The van der Waals surface area contributed by atoms with Gasteiger partial charge in [0.15, 0.2) is 0 Å². The van der Waals surface area contributed by atoms with Crippen molar-refractivity contribution in [2.24, 2.45) is 14.1 Å². The summed E-state index contributed by atoms with van der Waals surface area (Å²) in [5, 5.41) is 0.841. The Bertz CT molecular complexity index is 1090. The quantitative estimate of drug-likeness (QED) is 0.650. The first kappa shape index (κ1) is 17.8. The number of rotatable bonds is 4. The van der Waals surface area contributed by atoms with Crippen molar-refractivity contribution in [3.63, 3.8) is 0 Å². The first-order valence-corrected chi connectivity index (χ1v) is 8.73. The molecule has 1 aromatic carbocycles. The highest BCUT2D eigenvalue weighted by Gasteiger charge is 2.11. The monoisotopic (exact) mass is 370 g/mol. The number of thiazole rings is 1. The zero-order valence-electron chi connectivity index (χ0n) is 14.7. The number of hydrogen-bond acceptors (Lipinski definition) is 5. The number of benzene rings is 1. The Morgan fingerprint density at radius 3 is 2.73 bits per heavy atom. The van der Waals surface area contributed by atoms with Crippen LogP contribution in [0.2, 0.25) is 0 Å². The Kier molecular flexibility index (Phi) is 4.85. The van der Waals surface area contributed by atoms with Crippen LogP contribution in [0.1, 0.15) is 10.6 Å². The van der Waals surface area contributed by atoms with Crippen molar-refractivity contribution in [1.82, 2.24) is 19.0 Å². The maximum atomic E-state index is 12.3. The van der Waals surface area contributed by atoms with E-state index >= 15 is 0 Å². The molecule has 0 saturated carbocycles. The molecule has 0 aliphatic rings. The molecule has 2 heterocycles. The molecule has 0 unspecified atom stereocenters. The van der Waals surface area contributed by atoms with Gasteiger partial charge >= 0.3 is 5.69 Å². The molecule has 0 aliphatic carbocycles. The molecule has 1 amide bonds. The maximum Gasteiger partial charge on any atom is 0.330 e. The van der Waals surface area contributed by atoms with Gasteiger partial charge in [-0.3, -0.25) is 14.2 Å². The Morgan fingerprint density at radius 1 is 1.27 bits per heavy atom. The van der Waals surface area contributed by atoms with Gasteiger partial charge in [0.2, 0.25) is 5.91 Å². The van der Waals surface area contributed by atoms with Crippen LogP contribution in [0.25, 0.3) is 16.3 Å². The lowest BCUT2D eigenvalue weighted by Crippen LogP contribution is -2.37. The average Bonchev–Trinajstić information content (AvgIpc) is 3.03. The second-order valence-electron chi connectivity index (χ2n) is 5.95. The van der Waals surface area contributed by atoms with Gasteiger partial charge in [0, 0.05) is 33.4 Å². The van der Waals surface area contributed by atoms with Crippen LogP contribution in [-0.4, -0.2) is 32.0 Å². The van der Waals surface area contributed by atoms with Gasteiger partial charge in [0.1, 0.15) is 5.01 Å². The standard InChI is InChI=1S/C18H18N4O3S/c1-20(11-15-19-13-6-4-5-7-14(13)26-15)16(23)9-8-12-10-21(2)18(25)22(3)17(12)24/h4-10H,11H2,1-3H3/b9-8+. The third kappa shape index (κ3) is 3.50. The molecule has 0 spiro atoms. The topological polar surface area (TPSA) is 77.2 Å². The Balaban J connectivity index is 1.76. The van der Waals surface area contributed by atoms with Gasteiger partial charge in [-0.05, 0) is 18.2 Å². The highest BCUT2D eigenvalue weighted by atomic mass is 32.1. The fourth-order valence-corrected chi connectivity index (χ4v) is 3.53. The maximum absolute atomic E-state index is 12.3. The van der Waals surface area contributed by atoms with Crippen LogP contribution in [0, 0.1) is 0 Å². The van der Waals surface area contributed by atoms with E-state index in [9.17, 15) is 14.4 Å². The van der Waals surface area contributed by atoms with E-state index in [1.807, 2.05) is 24.3 Å². The molecule has 0 aliphatic heterocycles. The first-order valence-electron chi connectivity index (χ1n) is 7.91. The number of aryl methyl sites for hydroxylation is 1. The van der Waals surface area contributed by atoms with Crippen molar-refractivity contribution in [3.05, 3.63) is 67.9 Å². The van der Waals surface area contributed by atoms with E-state index in [4.69, 9.17) is 0 Å². The lowest BCUT2D eigenvalue weighted by atomic mass is 10.3. The zero-order valence-corrected chi connectivity index (χ0v) is 15.5. The molecule has 3 aromatic rings. The molecule has 2 aromatic heterocycles. The minimum atomic E-state index is -0.439. The van der Waals surface area contributed by atoms with Crippen molar-refractivity contribution in [2.75, 3.05) is 7.05 Å². The molecule has 0 atom stereocenters. The van der Waals surface area contributed by atoms with Crippen LogP contribution in [0.5, 0.6) is 0 Å². The highest BCUT2D eigenvalue weighted by molar-refractivity contribution is 7.18. The summed E-state index contributed by atoms with van der Waals surface area (Å²) in [6.07, 6.45) is 4.18. The van der Waals surface area contributed by atoms with Crippen LogP contribution in [0.4, 0.5) is 0 Å². The van der Waals surface area contributed by atoms with Crippen LogP contribution in [-0.2, 0) is 25.4 Å². The van der Waals surface area contributed by atoms with E-state index < -0.39 is 11.2 Å². The zero-order chi connectivity index (χ0) is 18.8. The predicted molar refractivity (Wildman–Crippen MR) is 102 cm³/mol. The van der Waals surface area contributed by atoms with Gasteiger partial charge in [-0.1, -0.05) is 12.1 Å². The molecular formula is C18H18N4O3S. The van der Waals surface area contributed by atoms with E-state index in [0.717, 1.165) is 19.8 Å². The van der Waals surface area contributed by atoms with E-state index in [1.54, 1.807) is 25.4 Å². The number of carbonyl (C=O) groups is 1. The number of para-hydroxylation sites is 1. The van der Waals surface area contributed by atoms with Crippen LogP contribution >= 0.6 is 11.3 Å². The number of fused-ring (bicyclic) bond motifs is 1. The summed E-state index contributed by atoms with van der Waals surface area (Å²) in [5.74, 6) is -0.250. The lowest BCUT2D eigenvalue weighted by molar-refractivity contribution is -0.125. The highest BCUT2D eigenvalue weighted by Crippen LogP contribution is 2.22. The average molecular weight is 370 g/mol. The minimum Gasteiger partial charge on any atom is -0.335 e.